The molecule has 0 aromatic heterocycles. The van der Waals surface area contributed by atoms with Gasteiger partial charge >= 0.3 is 0 Å². The summed E-state index contributed by atoms with van der Waals surface area (Å²) in [5.74, 6) is 0.179. The van der Waals surface area contributed by atoms with Crippen molar-refractivity contribution in [1.29, 1.82) is 0 Å². The fourth-order valence-electron chi connectivity index (χ4n) is 2.72. The number of carbonyl (C=O) groups is 2. The minimum Gasteiger partial charge on any atom is -0.495 e. The van der Waals surface area contributed by atoms with E-state index < -0.39 is 0 Å². The average molecular weight is 490 g/mol. The summed E-state index contributed by atoms with van der Waals surface area (Å²) in [6, 6.07) is 16.8. The normalized spacial score (nSPS) is 10.3. The summed E-state index contributed by atoms with van der Waals surface area (Å²) >= 11 is 9.50. The Bertz CT molecular complexity index is 1100. The largest absolute Gasteiger partial charge is 0.495 e. The molecule has 0 radical (unpaired) electrons. The van der Waals surface area contributed by atoms with Crippen LogP contribution in [-0.4, -0.2) is 26.0 Å². The summed E-state index contributed by atoms with van der Waals surface area (Å²) in [7, 11) is 2.98. The molecule has 0 saturated carbocycles. The van der Waals surface area contributed by atoms with Crippen LogP contribution in [0.2, 0.25) is 5.02 Å². The fourth-order valence-corrected chi connectivity index (χ4v) is 3.36. The third-order valence-electron chi connectivity index (χ3n) is 4.19. The number of carbonyl (C=O) groups excluding carboxylic acids is 2. The van der Waals surface area contributed by atoms with Crippen molar-refractivity contribution >= 4 is 50.7 Å². The van der Waals surface area contributed by atoms with Gasteiger partial charge in [-0.2, -0.15) is 0 Å². The van der Waals surface area contributed by atoms with Gasteiger partial charge in [-0.25, -0.2) is 0 Å². The fraction of sp³-hybridized carbons (Fsp3) is 0.0909. The molecule has 0 unspecified atom stereocenters. The van der Waals surface area contributed by atoms with Gasteiger partial charge in [-0.3, -0.25) is 9.59 Å². The van der Waals surface area contributed by atoms with Crippen molar-refractivity contribution in [1.82, 2.24) is 0 Å². The molecule has 0 aliphatic carbocycles. The molecule has 30 heavy (non-hydrogen) atoms. The Balaban J connectivity index is 1.78. The quantitative estimate of drug-likeness (QED) is 0.471. The Morgan fingerprint density at radius 3 is 2.13 bits per heavy atom. The summed E-state index contributed by atoms with van der Waals surface area (Å²) in [6.07, 6.45) is 0. The van der Waals surface area contributed by atoms with Crippen molar-refractivity contribution in [3.05, 3.63) is 81.3 Å². The Labute approximate surface area is 187 Å². The number of methoxy groups -OCH3 is 2. The minimum atomic E-state index is -0.381. The Morgan fingerprint density at radius 2 is 1.47 bits per heavy atom. The highest BCUT2D eigenvalue weighted by atomic mass is 79.9. The molecule has 0 fully saturated rings. The number of nitrogens with one attached hydrogen (secondary N) is 2. The number of rotatable bonds is 6. The summed E-state index contributed by atoms with van der Waals surface area (Å²) in [5, 5.41) is 5.89. The highest BCUT2D eigenvalue weighted by Crippen LogP contribution is 2.36. The maximum atomic E-state index is 12.7. The maximum absolute atomic E-state index is 12.7. The molecule has 0 heterocycles. The monoisotopic (exact) mass is 488 g/mol. The van der Waals surface area contributed by atoms with E-state index in [1.807, 2.05) is 6.07 Å². The van der Waals surface area contributed by atoms with Gasteiger partial charge in [-0.1, -0.05) is 39.7 Å². The molecule has 3 rings (SSSR count). The van der Waals surface area contributed by atoms with Crippen molar-refractivity contribution in [2.75, 3.05) is 24.9 Å². The molecular formula is C22H18BrClN2O4. The van der Waals surface area contributed by atoms with Crippen LogP contribution in [-0.2, 0) is 0 Å². The smallest absolute Gasteiger partial charge is 0.255 e. The van der Waals surface area contributed by atoms with Crippen molar-refractivity contribution in [3.8, 4) is 11.5 Å². The van der Waals surface area contributed by atoms with Gasteiger partial charge in [-0.05, 0) is 42.5 Å². The number of anilines is 2. The minimum absolute atomic E-state index is 0.280. The van der Waals surface area contributed by atoms with Crippen LogP contribution in [0.3, 0.4) is 0 Å². The van der Waals surface area contributed by atoms with Gasteiger partial charge in [0.1, 0.15) is 11.5 Å². The number of ether oxygens (including phenoxy) is 2. The molecule has 0 bridgehead atoms. The molecule has 2 N–H and O–H groups in total. The molecule has 0 saturated heterocycles. The lowest BCUT2D eigenvalue weighted by molar-refractivity contribution is 0.101. The van der Waals surface area contributed by atoms with E-state index >= 15 is 0 Å². The number of halogens is 2. The second kappa shape index (κ2) is 9.65. The zero-order valence-corrected chi connectivity index (χ0v) is 18.5. The van der Waals surface area contributed by atoms with E-state index in [2.05, 4.69) is 26.6 Å². The van der Waals surface area contributed by atoms with Crippen molar-refractivity contribution in [2.24, 2.45) is 0 Å². The molecule has 154 valence electrons. The third-order valence-corrected chi connectivity index (χ3v) is 4.98. The van der Waals surface area contributed by atoms with E-state index in [-0.39, 0.29) is 11.8 Å². The van der Waals surface area contributed by atoms with Gasteiger partial charge in [0.2, 0.25) is 0 Å². The zero-order chi connectivity index (χ0) is 21.7. The Morgan fingerprint density at radius 1 is 0.833 bits per heavy atom. The van der Waals surface area contributed by atoms with Gasteiger partial charge in [0, 0.05) is 27.4 Å². The second-order valence-electron chi connectivity index (χ2n) is 6.19. The number of benzene rings is 3. The Kier molecular flexibility index (Phi) is 6.97. The third kappa shape index (κ3) is 5.11. The van der Waals surface area contributed by atoms with Gasteiger partial charge in [0.15, 0.2) is 0 Å². The van der Waals surface area contributed by atoms with Crippen LogP contribution < -0.4 is 20.1 Å². The van der Waals surface area contributed by atoms with Gasteiger partial charge in [0.05, 0.1) is 24.9 Å². The molecule has 3 aromatic carbocycles. The predicted molar refractivity (Wildman–Crippen MR) is 121 cm³/mol. The van der Waals surface area contributed by atoms with E-state index in [0.717, 1.165) is 4.47 Å². The first-order valence-electron chi connectivity index (χ1n) is 8.81. The highest BCUT2D eigenvalue weighted by molar-refractivity contribution is 9.10. The molecule has 2 amide bonds. The maximum Gasteiger partial charge on any atom is 0.255 e. The van der Waals surface area contributed by atoms with E-state index in [0.29, 0.717) is 39.0 Å². The molecule has 8 heteroatoms. The van der Waals surface area contributed by atoms with Crippen LogP contribution in [0.25, 0.3) is 0 Å². The number of hydrogen-bond donors (Lipinski definition) is 2. The lowest BCUT2D eigenvalue weighted by Crippen LogP contribution is -2.15. The van der Waals surface area contributed by atoms with Crippen LogP contribution in [0.4, 0.5) is 11.4 Å². The molecule has 0 atom stereocenters. The van der Waals surface area contributed by atoms with Gasteiger partial charge < -0.3 is 20.1 Å². The Hall–Kier alpha value is -3.03. The first-order chi connectivity index (χ1) is 14.4. The second-order valence-corrected chi connectivity index (χ2v) is 7.51. The van der Waals surface area contributed by atoms with Crippen molar-refractivity contribution < 1.29 is 19.1 Å². The first kappa shape index (κ1) is 21.7. The summed E-state index contributed by atoms with van der Waals surface area (Å²) in [6.45, 7) is 0. The predicted octanol–water partition coefficient (Wildman–Crippen LogP) is 5.62. The lowest BCUT2D eigenvalue weighted by Gasteiger charge is -2.13. The average Bonchev–Trinajstić information content (AvgIpc) is 2.74. The van der Waals surface area contributed by atoms with E-state index in [4.69, 9.17) is 21.1 Å². The van der Waals surface area contributed by atoms with Crippen molar-refractivity contribution in [3.63, 3.8) is 0 Å². The molecule has 0 spiro atoms. The first-order valence-corrected chi connectivity index (χ1v) is 9.98. The molecule has 0 aliphatic heterocycles. The van der Waals surface area contributed by atoms with Crippen LogP contribution in [0.1, 0.15) is 20.7 Å². The summed E-state index contributed by atoms with van der Waals surface area (Å²) in [4.78, 5) is 25.2. The van der Waals surface area contributed by atoms with Crippen LogP contribution in [0.5, 0.6) is 11.5 Å². The van der Waals surface area contributed by atoms with Crippen LogP contribution in [0, 0.1) is 0 Å². The van der Waals surface area contributed by atoms with E-state index in [9.17, 15) is 9.59 Å². The van der Waals surface area contributed by atoms with Crippen molar-refractivity contribution in [2.45, 2.75) is 0 Å². The number of amides is 2. The SMILES string of the molecule is COc1cc(OC)c(NC(=O)c2cccc(NC(=O)c3cccc(Br)c3)c2)cc1Cl. The molecule has 6 nitrogen and oxygen atoms in total. The molecule has 0 aliphatic rings. The molecule has 3 aromatic rings. The zero-order valence-electron chi connectivity index (χ0n) is 16.2. The topological polar surface area (TPSA) is 76.7 Å². The number of hydrogen-bond acceptors (Lipinski definition) is 4. The van der Waals surface area contributed by atoms with Crippen LogP contribution in [0.15, 0.2) is 65.1 Å². The van der Waals surface area contributed by atoms with Gasteiger partial charge in [-0.15, -0.1) is 0 Å². The molecular weight excluding hydrogens is 472 g/mol. The van der Waals surface area contributed by atoms with E-state index in [1.165, 1.54) is 14.2 Å². The summed E-state index contributed by atoms with van der Waals surface area (Å²) in [5.41, 5.74) is 1.75. The highest BCUT2D eigenvalue weighted by Gasteiger charge is 2.15. The lowest BCUT2D eigenvalue weighted by atomic mass is 10.1. The summed E-state index contributed by atoms with van der Waals surface area (Å²) < 4.78 is 11.3. The van der Waals surface area contributed by atoms with Crippen LogP contribution >= 0.6 is 27.5 Å². The van der Waals surface area contributed by atoms with E-state index in [1.54, 1.807) is 54.6 Å². The van der Waals surface area contributed by atoms with Gasteiger partial charge in [0.25, 0.3) is 11.8 Å². The standard InChI is InChI=1S/C22H18BrClN2O4/c1-29-19-12-20(30-2)18(11-17(19)24)26-22(28)14-6-4-8-16(10-14)25-21(27)13-5-3-7-15(23)9-13/h3-12H,1-2H3,(H,25,27)(H,26,28).